The first-order chi connectivity index (χ1) is 43.7. The topological polar surface area (TPSA) is 524 Å². The minimum atomic E-state index is -4.94. The second kappa shape index (κ2) is 36.1. The number of nitrogens with zero attached hydrogens (tertiary/aromatic N) is 12. The zero-order valence-electron chi connectivity index (χ0n) is 47.2. The zero-order valence-corrected chi connectivity index (χ0v) is 52.4. The Bertz CT molecular complexity index is 3710. The molecule has 0 saturated carbocycles. The van der Waals surface area contributed by atoms with Crippen molar-refractivity contribution in [3.8, 4) is 114 Å². The summed E-state index contributed by atoms with van der Waals surface area (Å²) in [5.41, 5.74) is 15.8. The number of pyridine rings is 12. The van der Waals surface area contributed by atoms with Gasteiger partial charge in [-0.2, -0.15) is 0 Å². The molecule has 0 radical (unpaired) electrons. The largest absolute Gasteiger partial charge is 2.00 e. The second-order valence-corrected chi connectivity index (χ2v) is 20.7. The second-order valence-electron chi connectivity index (χ2n) is 17.6. The van der Waals surface area contributed by atoms with Gasteiger partial charge in [0.1, 0.15) is 0 Å². The Labute approximate surface area is 562 Å². The van der Waals surface area contributed by atoms with Crippen LogP contribution in [-0.4, -0.2) is 59.8 Å². The van der Waals surface area contributed by atoms with E-state index in [1.165, 1.54) is 0 Å². The molecular formula is C60H40Cl4Fe2N12O16. The summed E-state index contributed by atoms with van der Waals surface area (Å²) in [6.45, 7) is 0. The summed E-state index contributed by atoms with van der Waals surface area (Å²) in [6.07, 6.45) is 7.06. The predicted octanol–water partition coefficient (Wildman–Crippen LogP) is -6.25. The van der Waals surface area contributed by atoms with Crippen molar-refractivity contribution >= 4 is 0 Å². The summed E-state index contributed by atoms with van der Waals surface area (Å²) >= 11 is 0. The maximum Gasteiger partial charge on any atom is 2.00 e. The van der Waals surface area contributed by atoms with Crippen LogP contribution in [0.5, 0.6) is 0 Å². The third kappa shape index (κ3) is 27.5. The van der Waals surface area contributed by atoms with Gasteiger partial charge in [-0.1, -0.05) is 72.8 Å². The molecule has 12 rings (SSSR count). The Morgan fingerprint density at radius 3 is 0.340 bits per heavy atom. The van der Waals surface area contributed by atoms with Gasteiger partial charge in [0.05, 0.1) is 114 Å². The Balaban J connectivity index is 0.000000260. The average molecular weight is 1440 g/mol. The van der Waals surface area contributed by atoms with Gasteiger partial charge in [-0.05, 0) is 146 Å². The van der Waals surface area contributed by atoms with E-state index in [0.29, 0.717) is 0 Å². The summed E-state index contributed by atoms with van der Waals surface area (Å²) < 4.78 is 136. The third-order valence-corrected chi connectivity index (χ3v) is 11.3. The first-order valence-electron chi connectivity index (χ1n) is 25.6. The van der Waals surface area contributed by atoms with Crippen LogP contribution in [0.4, 0.5) is 0 Å². The molecule has 0 unspecified atom stereocenters. The van der Waals surface area contributed by atoms with Crippen LogP contribution in [0.1, 0.15) is 0 Å². The molecule has 12 aromatic rings. The van der Waals surface area contributed by atoms with Gasteiger partial charge >= 0.3 is 34.1 Å². The SMILES string of the molecule is [Fe+2].[Fe+2].[O-][Cl+3]([O-])([O-])[O-].[O-][Cl+3]([O-])([O-])[O-].[O-][Cl+3]([O-])([O-])[O-].[O-][Cl+3]([O-])([O-])[O-].c1ccc(-c2cccc(-c3cccc(-c4cccc(-c5cccc(-c6ccccn6)n5)n4)n3)n2)nc1.c1ccc(-c2cccc(-c3cccc(-c4cccc(-c5cccc(-c6ccccn6)n5)n4)n3)n2)nc1. The van der Waals surface area contributed by atoms with Crippen LogP contribution in [0.3, 0.4) is 0 Å². The van der Waals surface area contributed by atoms with Crippen LogP contribution < -0.4 is 74.5 Å². The molecule has 28 nitrogen and oxygen atoms in total. The molecule has 12 aromatic heterocycles. The monoisotopic (exact) mass is 1440 g/mol. The average Bonchev–Trinajstić information content (AvgIpc) is 0.825. The van der Waals surface area contributed by atoms with Crippen molar-refractivity contribution in [1.29, 1.82) is 0 Å². The quantitative estimate of drug-likeness (QED) is 0.115. The van der Waals surface area contributed by atoms with Crippen LogP contribution in [0, 0.1) is 41.0 Å². The molecule has 12 heterocycles. The molecule has 480 valence electrons. The van der Waals surface area contributed by atoms with Crippen LogP contribution in [0.2, 0.25) is 0 Å². The number of hydrogen-bond acceptors (Lipinski definition) is 28. The minimum Gasteiger partial charge on any atom is -0.255 e. The molecule has 0 aliphatic carbocycles. The minimum absolute atomic E-state index is 0. The van der Waals surface area contributed by atoms with Crippen LogP contribution >= 0.6 is 0 Å². The van der Waals surface area contributed by atoms with Gasteiger partial charge in [0.15, 0.2) is 0 Å². The Morgan fingerprint density at radius 2 is 0.245 bits per heavy atom. The number of hydrogen-bond donors (Lipinski definition) is 0. The molecule has 0 bridgehead atoms. The molecule has 0 aliphatic rings. The molecule has 34 heteroatoms. The van der Waals surface area contributed by atoms with E-state index in [2.05, 4.69) is 19.9 Å². The maximum absolute atomic E-state index is 8.49. The van der Waals surface area contributed by atoms with Crippen molar-refractivity contribution in [3.63, 3.8) is 0 Å². The van der Waals surface area contributed by atoms with E-state index >= 15 is 0 Å². The molecule has 0 saturated heterocycles. The fraction of sp³-hybridized carbons (Fsp3) is 0. The van der Waals surface area contributed by atoms with E-state index in [1.807, 2.05) is 218 Å². The summed E-state index contributed by atoms with van der Waals surface area (Å²) in [6, 6.07) is 70.2. The van der Waals surface area contributed by atoms with Gasteiger partial charge in [-0.25, -0.2) is 114 Å². The summed E-state index contributed by atoms with van der Waals surface area (Å²) in [7, 11) is -19.8. The first-order valence-corrected chi connectivity index (χ1v) is 30.5. The number of halogens is 4. The van der Waals surface area contributed by atoms with Gasteiger partial charge in [-0.15, -0.1) is 41.0 Å². The Kier molecular flexibility index (Phi) is 29.2. The van der Waals surface area contributed by atoms with Crippen molar-refractivity contribution in [1.82, 2.24) is 59.8 Å². The van der Waals surface area contributed by atoms with Crippen LogP contribution in [-0.2, 0) is 34.1 Å². The van der Waals surface area contributed by atoms with E-state index in [4.69, 9.17) is 114 Å². The van der Waals surface area contributed by atoms with Crippen molar-refractivity contribution in [2.75, 3.05) is 0 Å². The van der Waals surface area contributed by atoms with E-state index in [1.54, 1.807) is 24.8 Å². The number of rotatable bonds is 10. The predicted molar refractivity (Wildman–Crippen MR) is 281 cm³/mol. The van der Waals surface area contributed by atoms with Gasteiger partial charge in [-0.3, -0.25) is 19.9 Å². The van der Waals surface area contributed by atoms with Crippen molar-refractivity contribution in [2.24, 2.45) is 0 Å². The van der Waals surface area contributed by atoms with Gasteiger partial charge in [0, 0.05) is 24.8 Å². The van der Waals surface area contributed by atoms with E-state index in [9.17, 15) is 0 Å². The van der Waals surface area contributed by atoms with E-state index in [0.717, 1.165) is 114 Å². The van der Waals surface area contributed by atoms with Gasteiger partial charge in [0.25, 0.3) is 0 Å². The summed E-state index contributed by atoms with van der Waals surface area (Å²) in [4.78, 5) is 56.3. The molecule has 0 fully saturated rings. The third-order valence-electron chi connectivity index (χ3n) is 11.3. The van der Waals surface area contributed by atoms with Crippen LogP contribution in [0.25, 0.3) is 114 Å². The van der Waals surface area contributed by atoms with Gasteiger partial charge in [0.2, 0.25) is 0 Å². The Morgan fingerprint density at radius 1 is 0.149 bits per heavy atom. The molecule has 0 amide bonds. The van der Waals surface area contributed by atoms with Crippen molar-refractivity contribution < 1.29 is 150 Å². The van der Waals surface area contributed by atoms with Crippen molar-refractivity contribution in [2.45, 2.75) is 0 Å². The smallest absolute Gasteiger partial charge is 0.255 e. The molecule has 0 N–H and O–H groups in total. The maximum atomic E-state index is 8.49. The first kappa shape index (κ1) is 76.1. The molecule has 0 aliphatic heterocycles. The van der Waals surface area contributed by atoms with E-state index in [-0.39, 0.29) is 34.1 Å². The summed E-state index contributed by atoms with van der Waals surface area (Å²) in [5, 5.41) is 0. The molecule has 94 heavy (non-hydrogen) atoms. The fourth-order valence-corrected chi connectivity index (χ4v) is 7.82. The van der Waals surface area contributed by atoms with E-state index < -0.39 is 41.0 Å². The van der Waals surface area contributed by atoms with Crippen LogP contribution in [0.15, 0.2) is 243 Å². The number of aromatic nitrogens is 12. The van der Waals surface area contributed by atoms with Crippen molar-refractivity contribution in [3.05, 3.63) is 243 Å². The standard InChI is InChI=1S/2C30H20N6.4ClHO4.2Fe/c2*1-3-19-31-21(9-1)23-11-5-13-25(33-23)27-15-7-17-29(35-27)30-18-8-16-28(36-30)26-14-6-12-24(34-26)22-10-2-4-20-32-22;4*2-1(3,4)5;;/h2*1-20H;4*(H,2,3,4,5);;/q;;;;;;2*+2/p-4. The van der Waals surface area contributed by atoms with Gasteiger partial charge < -0.3 is 0 Å². The normalized spacial score (nSPS) is 10.8. The molecule has 0 spiro atoms. The molecule has 0 aromatic carbocycles. The zero-order chi connectivity index (χ0) is 66.3. The summed E-state index contributed by atoms with van der Waals surface area (Å²) in [5.74, 6) is 0. The fourth-order valence-electron chi connectivity index (χ4n) is 7.82. The molecular weight excluding hydrogens is 1400 g/mol. The molecule has 0 atom stereocenters. The Hall–Kier alpha value is -8.64.